The third-order valence-corrected chi connectivity index (χ3v) is 2.39. The first-order chi connectivity index (χ1) is 7.66. The standard InChI is InChI=1S/C12H14N4/c1-8(13)9-3-2-4-10(7-9)11-5-6-12(14)16-15-11/h2-8H,13H2,1H3,(H2,14,16). The van der Waals surface area contributed by atoms with Gasteiger partial charge in [0.05, 0.1) is 5.69 Å². The minimum absolute atomic E-state index is 0.0155. The Balaban J connectivity index is 2.40. The van der Waals surface area contributed by atoms with Crippen LogP contribution in [0.15, 0.2) is 36.4 Å². The van der Waals surface area contributed by atoms with Gasteiger partial charge in [-0.1, -0.05) is 18.2 Å². The van der Waals surface area contributed by atoms with E-state index in [9.17, 15) is 0 Å². The number of rotatable bonds is 2. The van der Waals surface area contributed by atoms with Crippen molar-refractivity contribution in [1.82, 2.24) is 10.2 Å². The van der Waals surface area contributed by atoms with Crippen LogP contribution in [0.4, 0.5) is 5.82 Å². The molecule has 1 aromatic carbocycles. The molecule has 0 saturated carbocycles. The van der Waals surface area contributed by atoms with E-state index in [4.69, 9.17) is 11.5 Å². The van der Waals surface area contributed by atoms with Crippen molar-refractivity contribution in [3.05, 3.63) is 42.0 Å². The zero-order chi connectivity index (χ0) is 11.5. The molecule has 2 rings (SSSR count). The van der Waals surface area contributed by atoms with Crippen molar-refractivity contribution in [1.29, 1.82) is 0 Å². The normalized spacial score (nSPS) is 12.4. The van der Waals surface area contributed by atoms with Gasteiger partial charge in [-0.2, -0.15) is 0 Å². The molecule has 2 aromatic rings. The molecule has 0 fully saturated rings. The van der Waals surface area contributed by atoms with Crippen molar-refractivity contribution in [2.75, 3.05) is 5.73 Å². The SMILES string of the molecule is CC(N)c1cccc(-c2ccc(N)nn2)c1. The average Bonchev–Trinajstić information content (AvgIpc) is 2.30. The maximum atomic E-state index is 5.83. The third-order valence-electron chi connectivity index (χ3n) is 2.39. The molecule has 16 heavy (non-hydrogen) atoms. The van der Waals surface area contributed by atoms with Gasteiger partial charge in [-0.25, -0.2) is 0 Å². The van der Waals surface area contributed by atoms with Gasteiger partial charge in [0.25, 0.3) is 0 Å². The number of nitrogen functional groups attached to an aromatic ring is 1. The topological polar surface area (TPSA) is 77.8 Å². The van der Waals surface area contributed by atoms with Gasteiger partial charge in [0.2, 0.25) is 0 Å². The van der Waals surface area contributed by atoms with Crippen LogP contribution in [0.5, 0.6) is 0 Å². The molecular formula is C12H14N4. The van der Waals surface area contributed by atoms with Gasteiger partial charge in [0.1, 0.15) is 5.82 Å². The van der Waals surface area contributed by atoms with Gasteiger partial charge in [0, 0.05) is 11.6 Å². The Bertz CT molecular complexity index is 477. The van der Waals surface area contributed by atoms with Crippen molar-refractivity contribution < 1.29 is 0 Å². The number of anilines is 1. The van der Waals surface area contributed by atoms with E-state index in [1.165, 1.54) is 0 Å². The first kappa shape index (κ1) is 10.6. The molecule has 0 amide bonds. The second kappa shape index (κ2) is 4.28. The molecule has 0 spiro atoms. The lowest BCUT2D eigenvalue weighted by Crippen LogP contribution is -2.04. The van der Waals surface area contributed by atoms with Crippen LogP contribution in [-0.2, 0) is 0 Å². The van der Waals surface area contributed by atoms with Crippen LogP contribution in [-0.4, -0.2) is 10.2 Å². The molecule has 1 unspecified atom stereocenters. The molecule has 0 aliphatic heterocycles. The van der Waals surface area contributed by atoms with Gasteiger partial charge in [0.15, 0.2) is 0 Å². The summed E-state index contributed by atoms with van der Waals surface area (Å²) in [7, 11) is 0. The largest absolute Gasteiger partial charge is 0.382 e. The summed E-state index contributed by atoms with van der Waals surface area (Å²) in [6, 6.07) is 11.6. The Kier molecular flexibility index (Phi) is 2.83. The fraction of sp³-hybridized carbons (Fsp3) is 0.167. The summed E-state index contributed by atoms with van der Waals surface area (Å²) in [5.74, 6) is 0.423. The Labute approximate surface area is 94.3 Å². The summed E-state index contributed by atoms with van der Waals surface area (Å²) < 4.78 is 0. The van der Waals surface area contributed by atoms with Crippen molar-refractivity contribution >= 4 is 5.82 Å². The molecule has 1 atom stereocenters. The molecule has 0 aliphatic carbocycles. The molecule has 1 heterocycles. The third kappa shape index (κ3) is 2.17. The second-order valence-corrected chi connectivity index (χ2v) is 3.76. The van der Waals surface area contributed by atoms with E-state index in [1.54, 1.807) is 6.07 Å². The Morgan fingerprint density at radius 3 is 2.56 bits per heavy atom. The highest BCUT2D eigenvalue weighted by Gasteiger charge is 2.03. The molecule has 4 N–H and O–H groups in total. The number of benzene rings is 1. The Hall–Kier alpha value is -1.94. The molecular weight excluding hydrogens is 200 g/mol. The summed E-state index contributed by atoms with van der Waals surface area (Å²) in [4.78, 5) is 0. The number of hydrogen-bond acceptors (Lipinski definition) is 4. The highest BCUT2D eigenvalue weighted by atomic mass is 15.1. The smallest absolute Gasteiger partial charge is 0.146 e. The number of aromatic nitrogens is 2. The highest BCUT2D eigenvalue weighted by Crippen LogP contribution is 2.20. The van der Waals surface area contributed by atoms with Crippen molar-refractivity contribution in [2.45, 2.75) is 13.0 Å². The van der Waals surface area contributed by atoms with Gasteiger partial charge >= 0.3 is 0 Å². The average molecular weight is 214 g/mol. The molecule has 0 aliphatic rings. The van der Waals surface area contributed by atoms with Crippen LogP contribution in [0.1, 0.15) is 18.5 Å². The maximum Gasteiger partial charge on any atom is 0.146 e. The van der Waals surface area contributed by atoms with Crippen molar-refractivity contribution in [3.8, 4) is 11.3 Å². The number of nitrogens with zero attached hydrogens (tertiary/aromatic N) is 2. The number of nitrogens with two attached hydrogens (primary N) is 2. The van der Waals surface area contributed by atoms with Crippen LogP contribution in [0, 0.1) is 0 Å². The monoisotopic (exact) mass is 214 g/mol. The lowest BCUT2D eigenvalue weighted by atomic mass is 10.0. The summed E-state index contributed by atoms with van der Waals surface area (Å²) in [5, 5.41) is 7.86. The lowest BCUT2D eigenvalue weighted by Gasteiger charge is -2.07. The maximum absolute atomic E-state index is 5.83. The van der Waals surface area contributed by atoms with Gasteiger partial charge in [-0.15, -0.1) is 10.2 Å². The minimum Gasteiger partial charge on any atom is -0.382 e. The van der Waals surface area contributed by atoms with Crippen LogP contribution in [0.2, 0.25) is 0 Å². The van der Waals surface area contributed by atoms with Gasteiger partial charge in [-0.05, 0) is 30.7 Å². The fourth-order valence-electron chi connectivity index (χ4n) is 1.48. The van der Waals surface area contributed by atoms with Gasteiger partial charge < -0.3 is 11.5 Å². The Morgan fingerprint density at radius 1 is 1.12 bits per heavy atom. The fourth-order valence-corrected chi connectivity index (χ4v) is 1.48. The predicted octanol–water partition coefficient (Wildman–Crippen LogP) is 1.75. The van der Waals surface area contributed by atoms with E-state index >= 15 is 0 Å². The minimum atomic E-state index is 0.0155. The zero-order valence-electron chi connectivity index (χ0n) is 9.09. The molecule has 0 bridgehead atoms. The van der Waals surface area contributed by atoms with E-state index in [0.29, 0.717) is 5.82 Å². The van der Waals surface area contributed by atoms with Crippen molar-refractivity contribution in [2.24, 2.45) is 5.73 Å². The highest BCUT2D eigenvalue weighted by molar-refractivity contribution is 5.60. The Morgan fingerprint density at radius 2 is 1.94 bits per heavy atom. The van der Waals surface area contributed by atoms with Crippen LogP contribution < -0.4 is 11.5 Å². The molecule has 1 aromatic heterocycles. The van der Waals surface area contributed by atoms with Gasteiger partial charge in [-0.3, -0.25) is 0 Å². The molecule has 82 valence electrons. The summed E-state index contributed by atoms with van der Waals surface area (Å²) >= 11 is 0. The summed E-state index contributed by atoms with van der Waals surface area (Å²) in [6.07, 6.45) is 0. The van der Waals surface area contributed by atoms with Crippen LogP contribution in [0.3, 0.4) is 0 Å². The van der Waals surface area contributed by atoms with E-state index in [-0.39, 0.29) is 6.04 Å². The van der Waals surface area contributed by atoms with E-state index < -0.39 is 0 Å². The second-order valence-electron chi connectivity index (χ2n) is 3.76. The summed E-state index contributed by atoms with van der Waals surface area (Å²) in [5.41, 5.74) is 14.2. The van der Waals surface area contributed by atoms with E-state index in [2.05, 4.69) is 10.2 Å². The van der Waals surface area contributed by atoms with E-state index in [0.717, 1.165) is 16.8 Å². The first-order valence-electron chi connectivity index (χ1n) is 5.12. The van der Waals surface area contributed by atoms with Crippen LogP contribution in [0.25, 0.3) is 11.3 Å². The van der Waals surface area contributed by atoms with Crippen molar-refractivity contribution in [3.63, 3.8) is 0 Å². The summed E-state index contributed by atoms with van der Waals surface area (Å²) in [6.45, 7) is 1.95. The first-order valence-corrected chi connectivity index (χ1v) is 5.12. The molecule has 0 saturated heterocycles. The molecule has 0 radical (unpaired) electrons. The van der Waals surface area contributed by atoms with Crippen LogP contribution >= 0.6 is 0 Å². The quantitative estimate of drug-likeness (QED) is 0.798. The van der Waals surface area contributed by atoms with E-state index in [1.807, 2.05) is 37.3 Å². The zero-order valence-corrected chi connectivity index (χ0v) is 9.09. The number of hydrogen-bond donors (Lipinski definition) is 2. The lowest BCUT2D eigenvalue weighted by molar-refractivity contribution is 0.818. The predicted molar refractivity (Wildman–Crippen MR) is 64.5 cm³/mol. The molecule has 4 nitrogen and oxygen atoms in total. The molecule has 4 heteroatoms.